The first-order valence-electron chi connectivity index (χ1n) is 9.26. The number of sulfonamides is 1. The lowest BCUT2D eigenvalue weighted by Crippen LogP contribution is -2.42. The predicted octanol–water partition coefficient (Wildman–Crippen LogP) is 3.13. The molecule has 0 aliphatic carbocycles. The highest BCUT2D eigenvalue weighted by Crippen LogP contribution is 2.25. The number of carbonyl (C=O) groups excluding carboxylic acids is 1. The molecule has 0 fully saturated rings. The zero-order valence-corrected chi connectivity index (χ0v) is 17.5. The lowest BCUT2D eigenvalue weighted by Gasteiger charge is -2.15. The first-order chi connectivity index (χ1) is 14.3. The number of hydrogen-bond donors (Lipinski definition) is 2. The van der Waals surface area contributed by atoms with Crippen LogP contribution in [0.25, 0.3) is 11.1 Å². The number of nitrogens with zero attached hydrogens (tertiary/aromatic N) is 1. The van der Waals surface area contributed by atoms with Gasteiger partial charge in [0.2, 0.25) is 10.0 Å². The summed E-state index contributed by atoms with van der Waals surface area (Å²) in [7, 11) is -2.31. The van der Waals surface area contributed by atoms with Crippen molar-refractivity contribution in [2.24, 2.45) is 0 Å². The van der Waals surface area contributed by atoms with Crippen LogP contribution < -0.4 is 10.0 Å². The van der Waals surface area contributed by atoms with Gasteiger partial charge in [0, 0.05) is 11.9 Å². The number of esters is 1. The summed E-state index contributed by atoms with van der Waals surface area (Å²) in [6.45, 7) is 0. The van der Waals surface area contributed by atoms with Gasteiger partial charge in [-0.15, -0.1) is 0 Å². The highest BCUT2D eigenvalue weighted by molar-refractivity contribution is 7.88. The largest absolute Gasteiger partial charge is 0.468 e. The average molecular weight is 426 g/mol. The highest BCUT2D eigenvalue weighted by Gasteiger charge is 2.23. The molecule has 1 heterocycles. The van der Waals surface area contributed by atoms with Crippen molar-refractivity contribution in [3.63, 3.8) is 0 Å². The van der Waals surface area contributed by atoms with Gasteiger partial charge in [-0.25, -0.2) is 18.1 Å². The van der Waals surface area contributed by atoms with Crippen LogP contribution in [-0.2, 0) is 26.0 Å². The molecule has 0 saturated carbocycles. The second-order valence-corrected chi connectivity index (χ2v) is 8.57. The molecule has 1 atom stereocenters. The van der Waals surface area contributed by atoms with Crippen molar-refractivity contribution in [3.8, 4) is 11.1 Å². The molecule has 1 aromatic heterocycles. The summed E-state index contributed by atoms with van der Waals surface area (Å²) in [5.74, 6) is 0.134. The van der Waals surface area contributed by atoms with E-state index in [1.807, 2.05) is 66.7 Å². The van der Waals surface area contributed by atoms with Gasteiger partial charge in [-0.3, -0.25) is 4.79 Å². The van der Waals surface area contributed by atoms with Crippen molar-refractivity contribution in [2.45, 2.75) is 12.5 Å². The van der Waals surface area contributed by atoms with Crippen LogP contribution >= 0.6 is 0 Å². The van der Waals surface area contributed by atoms with E-state index in [-0.39, 0.29) is 6.42 Å². The number of anilines is 2. The van der Waals surface area contributed by atoms with E-state index in [1.54, 1.807) is 6.20 Å². The molecule has 0 amide bonds. The van der Waals surface area contributed by atoms with Crippen LogP contribution in [0.15, 0.2) is 72.9 Å². The minimum atomic E-state index is -3.54. The third kappa shape index (κ3) is 6.13. The van der Waals surface area contributed by atoms with Gasteiger partial charge in [0.05, 0.1) is 13.4 Å². The quantitative estimate of drug-likeness (QED) is 0.538. The summed E-state index contributed by atoms with van der Waals surface area (Å²) < 4.78 is 30.1. The Bertz CT molecular complexity index is 1100. The monoisotopic (exact) mass is 425 g/mol. The Balaban J connectivity index is 1.75. The van der Waals surface area contributed by atoms with Crippen LogP contribution in [0.3, 0.4) is 0 Å². The number of nitrogens with one attached hydrogen (secondary N) is 2. The fraction of sp³-hybridized carbons (Fsp3) is 0.182. The first kappa shape index (κ1) is 21.5. The van der Waals surface area contributed by atoms with E-state index >= 15 is 0 Å². The van der Waals surface area contributed by atoms with E-state index in [9.17, 15) is 13.2 Å². The fourth-order valence-corrected chi connectivity index (χ4v) is 3.70. The number of benzene rings is 2. The molecule has 0 aliphatic rings. The molecule has 156 valence electrons. The second-order valence-electron chi connectivity index (χ2n) is 6.79. The summed E-state index contributed by atoms with van der Waals surface area (Å²) in [6.07, 6.45) is 2.93. The van der Waals surface area contributed by atoms with E-state index in [4.69, 9.17) is 4.74 Å². The molecule has 0 unspecified atom stereocenters. The van der Waals surface area contributed by atoms with Gasteiger partial charge in [0.25, 0.3) is 0 Å². The van der Waals surface area contributed by atoms with Gasteiger partial charge in [-0.05, 0) is 47.4 Å². The molecule has 7 nitrogen and oxygen atoms in total. The van der Waals surface area contributed by atoms with E-state index in [2.05, 4.69) is 15.0 Å². The average Bonchev–Trinajstić information content (AvgIpc) is 2.73. The van der Waals surface area contributed by atoms with Crippen LogP contribution in [0.1, 0.15) is 5.56 Å². The Morgan fingerprint density at radius 1 is 1.03 bits per heavy atom. The summed E-state index contributed by atoms with van der Waals surface area (Å²) in [5, 5.41) is 3.26. The lowest BCUT2D eigenvalue weighted by molar-refractivity contribution is -0.142. The van der Waals surface area contributed by atoms with Crippen molar-refractivity contribution in [1.29, 1.82) is 0 Å². The second kappa shape index (κ2) is 9.51. The smallest absolute Gasteiger partial charge is 0.324 e. The molecule has 0 saturated heterocycles. The van der Waals surface area contributed by atoms with Gasteiger partial charge < -0.3 is 10.1 Å². The van der Waals surface area contributed by atoms with Crippen molar-refractivity contribution in [2.75, 3.05) is 18.7 Å². The topological polar surface area (TPSA) is 97.4 Å². The summed E-state index contributed by atoms with van der Waals surface area (Å²) in [4.78, 5) is 16.2. The predicted molar refractivity (Wildman–Crippen MR) is 117 cm³/mol. The van der Waals surface area contributed by atoms with Gasteiger partial charge >= 0.3 is 5.97 Å². The Morgan fingerprint density at radius 3 is 2.43 bits per heavy atom. The molecule has 30 heavy (non-hydrogen) atoms. The normalized spacial score (nSPS) is 12.2. The molecular weight excluding hydrogens is 402 g/mol. The SMILES string of the molecule is COC(=O)[C@H](Cc1ccc(-c2cccc(Nc3ccccn3)c2)cc1)NS(C)(=O)=O. The number of carbonyl (C=O) groups is 1. The van der Waals surface area contributed by atoms with Crippen LogP contribution in [0.4, 0.5) is 11.5 Å². The summed E-state index contributed by atoms with van der Waals surface area (Å²) in [6, 6.07) is 20.2. The first-order valence-corrected chi connectivity index (χ1v) is 11.2. The number of ether oxygens (including phenoxy) is 1. The highest BCUT2D eigenvalue weighted by atomic mass is 32.2. The summed E-state index contributed by atoms with van der Waals surface area (Å²) >= 11 is 0. The standard InChI is InChI=1S/C22H23N3O4S/c1-29-22(26)20(25-30(2,27)28)14-16-9-11-17(12-10-16)18-6-5-7-19(15-18)24-21-8-3-4-13-23-21/h3-13,15,20,25H,14H2,1-2H3,(H,23,24)/t20-/m0/s1. The van der Waals surface area contributed by atoms with Crippen molar-refractivity contribution in [3.05, 3.63) is 78.5 Å². The minimum Gasteiger partial charge on any atom is -0.468 e. The van der Waals surface area contributed by atoms with E-state index in [1.165, 1.54) is 7.11 Å². The molecule has 0 aliphatic heterocycles. The number of pyridine rings is 1. The molecular formula is C22H23N3O4S. The zero-order valence-electron chi connectivity index (χ0n) is 16.7. The number of rotatable bonds is 8. The Kier molecular flexibility index (Phi) is 6.81. The van der Waals surface area contributed by atoms with E-state index < -0.39 is 22.0 Å². The van der Waals surface area contributed by atoms with Gasteiger partial charge in [-0.2, -0.15) is 0 Å². The Hall–Kier alpha value is -3.23. The third-order valence-corrected chi connectivity index (χ3v) is 5.08. The van der Waals surface area contributed by atoms with Crippen molar-refractivity contribution >= 4 is 27.5 Å². The minimum absolute atomic E-state index is 0.196. The van der Waals surface area contributed by atoms with Crippen LogP contribution in [0.2, 0.25) is 0 Å². The van der Waals surface area contributed by atoms with E-state index in [0.717, 1.165) is 34.5 Å². The van der Waals surface area contributed by atoms with Crippen molar-refractivity contribution in [1.82, 2.24) is 9.71 Å². The molecule has 0 bridgehead atoms. The molecule has 3 rings (SSSR count). The Labute approximate surface area is 176 Å². The maximum atomic E-state index is 11.9. The molecule has 3 aromatic rings. The molecule has 2 aromatic carbocycles. The zero-order chi connectivity index (χ0) is 21.6. The van der Waals surface area contributed by atoms with Crippen LogP contribution in [0, 0.1) is 0 Å². The van der Waals surface area contributed by atoms with Gasteiger partial charge in [0.1, 0.15) is 11.9 Å². The fourth-order valence-electron chi connectivity index (χ4n) is 3.00. The molecule has 8 heteroatoms. The lowest BCUT2D eigenvalue weighted by atomic mass is 10.0. The molecule has 0 radical (unpaired) electrons. The number of hydrogen-bond acceptors (Lipinski definition) is 6. The van der Waals surface area contributed by atoms with Gasteiger partial charge in [-0.1, -0.05) is 42.5 Å². The van der Waals surface area contributed by atoms with E-state index in [0.29, 0.717) is 0 Å². The Morgan fingerprint density at radius 2 is 1.80 bits per heavy atom. The molecule has 2 N–H and O–H groups in total. The maximum Gasteiger partial charge on any atom is 0.324 e. The van der Waals surface area contributed by atoms with Crippen molar-refractivity contribution < 1.29 is 17.9 Å². The van der Waals surface area contributed by atoms with Crippen LogP contribution in [-0.4, -0.2) is 38.8 Å². The van der Waals surface area contributed by atoms with Crippen LogP contribution in [0.5, 0.6) is 0 Å². The molecule has 0 spiro atoms. The summed E-state index contributed by atoms with van der Waals surface area (Å²) in [5.41, 5.74) is 3.74. The third-order valence-electron chi connectivity index (χ3n) is 4.37. The number of methoxy groups -OCH3 is 1. The number of aromatic nitrogens is 1. The van der Waals surface area contributed by atoms with Gasteiger partial charge in [0.15, 0.2) is 0 Å². The maximum absolute atomic E-state index is 11.9.